The number of ether oxygens (including phenoxy) is 1. The monoisotopic (exact) mass is 365 g/mol. The summed E-state index contributed by atoms with van der Waals surface area (Å²) in [5.41, 5.74) is 3.44. The van der Waals surface area contributed by atoms with Gasteiger partial charge in [-0.2, -0.15) is 10.2 Å². The third kappa shape index (κ3) is 3.73. The van der Waals surface area contributed by atoms with Gasteiger partial charge in [-0.05, 0) is 36.5 Å². The molecule has 2 aromatic rings. The Morgan fingerprint density at radius 1 is 1.41 bits per heavy atom. The molecule has 1 aromatic heterocycles. The summed E-state index contributed by atoms with van der Waals surface area (Å²) in [4.78, 5) is 8.90. The molecule has 1 saturated heterocycles. The highest BCUT2D eigenvalue weighted by Gasteiger charge is 2.28. The van der Waals surface area contributed by atoms with E-state index in [1.807, 2.05) is 25.1 Å². The summed E-state index contributed by atoms with van der Waals surface area (Å²) in [5.74, 6) is 1.03. The molecule has 0 aliphatic carbocycles. The van der Waals surface area contributed by atoms with Crippen molar-refractivity contribution in [3.63, 3.8) is 0 Å². The molecule has 1 aromatic carbocycles. The molecule has 4 rings (SSSR count). The van der Waals surface area contributed by atoms with E-state index in [2.05, 4.69) is 26.7 Å². The van der Waals surface area contributed by atoms with Gasteiger partial charge in [-0.15, -0.1) is 0 Å². The minimum atomic E-state index is -0.855. The maximum absolute atomic E-state index is 9.72. The quantitative estimate of drug-likeness (QED) is 0.691. The number of nitriles is 1. The zero-order valence-electron chi connectivity index (χ0n) is 15.0. The Balaban J connectivity index is 1.51. The van der Waals surface area contributed by atoms with Crippen LogP contribution in [0.4, 0.5) is 17.5 Å². The molecule has 3 N–H and O–H groups in total. The van der Waals surface area contributed by atoms with Crippen LogP contribution in [0.2, 0.25) is 0 Å². The number of benzene rings is 1. The molecule has 1 fully saturated rings. The number of nitrogens with zero attached hydrogens (tertiary/aromatic N) is 3. The van der Waals surface area contributed by atoms with E-state index in [0.717, 1.165) is 22.3 Å². The number of aryl methyl sites for hydroxylation is 1. The number of fused-ring (bicyclic) bond motifs is 1. The average Bonchev–Trinajstić information content (AvgIpc) is 3.05. The predicted octanol–water partition coefficient (Wildman–Crippen LogP) is 1.09. The van der Waals surface area contributed by atoms with E-state index in [-0.39, 0.29) is 12.0 Å². The molecular weight excluding hydrogens is 345 g/mol. The summed E-state index contributed by atoms with van der Waals surface area (Å²) in [6.07, 6.45) is 2.45. The molecular formula is C18H20BN5O3. The maximum Gasteiger partial charge on any atom is 0.491 e. The fourth-order valence-electron chi connectivity index (χ4n) is 3.30. The van der Waals surface area contributed by atoms with E-state index in [4.69, 9.17) is 9.39 Å². The normalized spacial score (nSPS) is 21.4. The lowest BCUT2D eigenvalue weighted by Crippen LogP contribution is -2.38. The molecule has 8 nitrogen and oxygen atoms in total. The lowest BCUT2D eigenvalue weighted by atomic mass is 9.79. The summed E-state index contributed by atoms with van der Waals surface area (Å²) in [5, 5.41) is 25.6. The highest BCUT2D eigenvalue weighted by molar-refractivity contribution is 6.61. The van der Waals surface area contributed by atoms with Gasteiger partial charge < -0.3 is 25.0 Å². The Bertz CT molecular complexity index is 888. The molecule has 0 saturated carbocycles. The number of nitrogens with one attached hydrogen (secondary N) is 2. The lowest BCUT2D eigenvalue weighted by molar-refractivity contribution is 0.0698. The number of hydrogen-bond acceptors (Lipinski definition) is 8. The first-order valence-corrected chi connectivity index (χ1v) is 8.91. The molecule has 2 atom stereocenters. The van der Waals surface area contributed by atoms with Crippen molar-refractivity contribution in [3.8, 4) is 6.07 Å². The maximum atomic E-state index is 9.72. The predicted molar refractivity (Wildman–Crippen MR) is 101 cm³/mol. The van der Waals surface area contributed by atoms with Crippen molar-refractivity contribution < 1.29 is 14.4 Å². The van der Waals surface area contributed by atoms with Crippen molar-refractivity contribution in [2.75, 3.05) is 23.8 Å². The van der Waals surface area contributed by atoms with Crippen LogP contribution in [0.5, 0.6) is 0 Å². The second-order valence-electron chi connectivity index (χ2n) is 6.78. The lowest BCUT2D eigenvalue weighted by Gasteiger charge is -2.28. The Morgan fingerprint density at radius 2 is 2.30 bits per heavy atom. The van der Waals surface area contributed by atoms with Crippen molar-refractivity contribution >= 4 is 30.0 Å². The largest absolute Gasteiger partial charge is 0.491 e. The average molecular weight is 365 g/mol. The summed E-state index contributed by atoms with van der Waals surface area (Å²) < 4.78 is 10.7. The van der Waals surface area contributed by atoms with Gasteiger partial charge in [0.25, 0.3) is 0 Å². The van der Waals surface area contributed by atoms with Crippen molar-refractivity contribution in [2.24, 2.45) is 5.92 Å². The van der Waals surface area contributed by atoms with Crippen LogP contribution in [0.25, 0.3) is 0 Å². The third-order valence-electron chi connectivity index (χ3n) is 4.88. The molecule has 138 valence electrons. The second-order valence-corrected chi connectivity index (χ2v) is 6.78. The Labute approximate surface area is 157 Å². The van der Waals surface area contributed by atoms with E-state index in [9.17, 15) is 10.3 Å². The Hall–Kier alpha value is -2.67. The summed E-state index contributed by atoms with van der Waals surface area (Å²) in [6, 6.07) is 7.86. The topological polar surface area (TPSA) is 112 Å². The standard InChI is InChI=1S/C18H20BN5O3/c1-11-8-21-18(22-14-2-3-15-13(6-14)9-27-19(15)25)24-17(11)23-16-10-26-5-4-12(16)7-20/h2-3,6,8,12,16,25H,4-5,9-10H2,1H3,(H2,21,22,23,24)/t12-,16+/m1/s1. The van der Waals surface area contributed by atoms with Gasteiger partial charge in [0.1, 0.15) is 5.82 Å². The fourth-order valence-corrected chi connectivity index (χ4v) is 3.30. The SMILES string of the molecule is Cc1cnc(Nc2ccc3c(c2)COB3O)nc1N[C@H]1COCC[C@@H]1C#N. The van der Waals surface area contributed by atoms with Gasteiger partial charge in [0.15, 0.2) is 0 Å². The smallest absolute Gasteiger partial charge is 0.423 e. The highest BCUT2D eigenvalue weighted by Crippen LogP contribution is 2.23. The molecule has 3 heterocycles. The number of aromatic nitrogens is 2. The molecule has 0 bridgehead atoms. The van der Waals surface area contributed by atoms with Gasteiger partial charge in [-0.3, -0.25) is 0 Å². The molecule has 2 aliphatic rings. The van der Waals surface area contributed by atoms with E-state index in [0.29, 0.717) is 38.0 Å². The summed E-state index contributed by atoms with van der Waals surface area (Å²) in [7, 11) is -0.855. The third-order valence-corrected chi connectivity index (χ3v) is 4.88. The van der Waals surface area contributed by atoms with Crippen molar-refractivity contribution in [1.82, 2.24) is 9.97 Å². The van der Waals surface area contributed by atoms with Crippen LogP contribution < -0.4 is 16.1 Å². The van der Waals surface area contributed by atoms with Crippen LogP contribution in [0.1, 0.15) is 17.5 Å². The number of anilines is 3. The van der Waals surface area contributed by atoms with Crippen molar-refractivity contribution in [3.05, 3.63) is 35.5 Å². The number of rotatable bonds is 4. The molecule has 0 amide bonds. The first-order valence-electron chi connectivity index (χ1n) is 8.91. The van der Waals surface area contributed by atoms with E-state index in [1.165, 1.54) is 0 Å². The zero-order chi connectivity index (χ0) is 18.8. The minimum Gasteiger partial charge on any atom is -0.423 e. The Kier molecular flexibility index (Phi) is 4.94. The molecule has 0 spiro atoms. The van der Waals surface area contributed by atoms with Crippen LogP contribution in [0, 0.1) is 24.2 Å². The molecule has 0 unspecified atom stereocenters. The van der Waals surface area contributed by atoms with Crippen LogP contribution in [-0.4, -0.2) is 41.4 Å². The minimum absolute atomic E-state index is 0.0937. The van der Waals surface area contributed by atoms with Crippen LogP contribution in [0.3, 0.4) is 0 Å². The molecule has 0 radical (unpaired) electrons. The van der Waals surface area contributed by atoms with Gasteiger partial charge in [-0.1, -0.05) is 6.07 Å². The highest BCUT2D eigenvalue weighted by atomic mass is 16.5. The van der Waals surface area contributed by atoms with Crippen molar-refractivity contribution in [2.45, 2.75) is 26.0 Å². The van der Waals surface area contributed by atoms with Gasteiger partial charge in [0, 0.05) is 24.1 Å². The zero-order valence-corrected chi connectivity index (χ0v) is 15.0. The van der Waals surface area contributed by atoms with Gasteiger partial charge in [-0.25, -0.2) is 4.98 Å². The molecule has 2 aliphatic heterocycles. The van der Waals surface area contributed by atoms with Crippen LogP contribution in [-0.2, 0) is 16.0 Å². The second kappa shape index (κ2) is 7.52. The van der Waals surface area contributed by atoms with Crippen LogP contribution in [0.15, 0.2) is 24.4 Å². The Morgan fingerprint density at radius 3 is 3.15 bits per heavy atom. The molecule has 27 heavy (non-hydrogen) atoms. The van der Waals surface area contributed by atoms with E-state index in [1.54, 1.807) is 6.20 Å². The first-order chi connectivity index (χ1) is 13.1. The van der Waals surface area contributed by atoms with E-state index >= 15 is 0 Å². The van der Waals surface area contributed by atoms with Crippen LogP contribution >= 0.6 is 0 Å². The van der Waals surface area contributed by atoms with Gasteiger partial charge in [0.2, 0.25) is 5.95 Å². The van der Waals surface area contributed by atoms with E-state index < -0.39 is 7.12 Å². The fraction of sp³-hybridized carbons (Fsp3) is 0.389. The van der Waals surface area contributed by atoms with Gasteiger partial charge >= 0.3 is 7.12 Å². The summed E-state index contributed by atoms with van der Waals surface area (Å²) >= 11 is 0. The van der Waals surface area contributed by atoms with Gasteiger partial charge in [0.05, 0.1) is 31.2 Å². The van der Waals surface area contributed by atoms with Crippen molar-refractivity contribution in [1.29, 1.82) is 5.26 Å². The first kappa shape index (κ1) is 17.7. The number of hydrogen-bond donors (Lipinski definition) is 3. The molecule has 9 heteroatoms. The summed E-state index contributed by atoms with van der Waals surface area (Å²) in [6.45, 7) is 3.40.